The number of rotatable bonds is 3. The zero-order valence-corrected chi connectivity index (χ0v) is 11.9. The lowest BCUT2D eigenvalue weighted by atomic mass is 10.4. The van der Waals surface area contributed by atoms with Gasteiger partial charge in [0.05, 0.1) is 4.83 Å². The summed E-state index contributed by atoms with van der Waals surface area (Å²) in [4.78, 5) is 0.280. The standard InChI is InChI=1S/C9H8Br2N2OS/c1-2-5(10)8-12-13-9(15-8)6-3-4-7(11)14-6/h3-5H,2H2,1H3. The molecule has 0 fully saturated rings. The highest BCUT2D eigenvalue weighted by atomic mass is 79.9. The number of aromatic nitrogens is 2. The van der Waals surface area contributed by atoms with Gasteiger partial charge < -0.3 is 4.42 Å². The summed E-state index contributed by atoms with van der Waals surface area (Å²) >= 11 is 8.35. The maximum Gasteiger partial charge on any atom is 0.183 e. The molecule has 0 radical (unpaired) electrons. The van der Waals surface area contributed by atoms with Crippen molar-refractivity contribution in [3.05, 3.63) is 21.8 Å². The van der Waals surface area contributed by atoms with Gasteiger partial charge in [0, 0.05) is 0 Å². The first-order valence-electron chi connectivity index (χ1n) is 4.44. The first-order chi connectivity index (χ1) is 7.20. The van der Waals surface area contributed by atoms with Gasteiger partial charge in [-0.05, 0) is 34.5 Å². The molecular formula is C9H8Br2N2OS. The van der Waals surface area contributed by atoms with Crippen molar-refractivity contribution in [2.75, 3.05) is 0 Å². The summed E-state index contributed by atoms with van der Waals surface area (Å²) < 4.78 is 6.11. The maximum atomic E-state index is 5.41. The second-order valence-electron chi connectivity index (χ2n) is 2.92. The van der Waals surface area contributed by atoms with Crippen LogP contribution in [0.25, 0.3) is 10.8 Å². The van der Waals surface area contributed by atoms with Crippen molar-refractivity contribution in [3.63, 3.8) is 0 Å². The fraction of sp³-hybridized carbons (Fsp3) is 0.333. The first kappa shape index (κ1) is 11.3. The van der Waals surface area contributed by atoms with Crippen LogP contribution in [0.2, 0.25) is 0 Å². The third kappa shape index (κ3) is 2.49. The van der Waals surface area contributed by atoms with Crippen LogP contribution in [0.3, 0.4) is 0 Å². The number of halogens is 2. The molecule has 2 aromatic rings. The third-order valence-electron chi connectivity index (χ3n) is 1.85. The quantitative estimate of drug-likeness (QED) is 0.769. The van der Waals surface area contributed by atoms with E-state index in [0.717, 1.165) is 22.2 Å². The molecule has 0 spiro atoms. The Bertz CT molecular complexity index is 454. The first-order valence-corrected chi connectivity index (χ1v) is 6.96. The topological polar surface area (TPSA) is 38.9 Å². The van der Waals surface area contributed by atoms with Crippen molar-refractivity contribution in [1.29, 1.82) is 0 Å². The number of hydrogen-bond donors (Lipinski definition) is 0. The molecule has 1 unspecified atom stereocenters. The van der Waals surface area contributed by atoms with Gasteiger partial charge in [0.25, 0.3) is 0 Å². The van der Waals surface area contributed by atoms with E-state index in [0.29, 0.717) is 4.67 Å². The van der Waals surface area contributed by atoms with Gasteiger partial charge in [-0.3, -0.25) is 0 Å². The van der Waals surface area contributed by atoms with Gasteiger partial charge in [0.15, 0.2) is 15.4 Å². The van der Waals surface area contributed by atoms with Gasteiger partial charge in [-0.15, -0.1) is 10.2 Å². The van der Waals surface area contributed by atoms with Crippen LogP contribution in [-0.2, 0) is 0 Å². The van der Waals surface area contributed by atoms with Crippen LogP contribution >= 0.6 is 43.2 Å². The van der Waals surface area contributed by atoms with Crippen LogP contribution in [-0.4, -0.2) is 10.2 Å². The van der Waals surface area contributed by atoms with E-state index >= 15 is 0 Å². The van der Waals surface area contributed by atoms with E-state index in [1.807, 2.05) is 12.1 Å². The lowest BCUT2D eigenvalue weighted by molar-refractivity contribution is 0.554. The maximum absolute atomic E-state index is 5.41. The normalized spacial score (nSPS) is 13.0. The van der Waals surface area contributed by atoms with Crippen molar-refractivity contribution < 1.29 is 4.42 Å². The Morgan fingerprint density at radius 2 is 2.27 bits per heavy atom. The summed E-state index contributed by atoms with van der Waals surface area (Å²) in [6, 6.07) is 3.73. The molecule has 2 rings (SSSR count). The van der Waals surface area contributed by atoms with Crippen LogP contribution in [0.15, 0.2) is 21.2 Å². The van der Waals surface area contributed by atoms with Crippen molar-refractivity contribution in [2.45, 2.75) is 18.2 Å². The van der Waals surface area contributed by atoms with Crippen LogP contribution in [0.4, 0.5) is 0 Å². The fourth-order valence-electron chi connectivity index (χ4n) is 1.06. The number of hydrogen-bond acceptors (Lipinski definition) is 4. The van der Waals surface area contributed by atoms with Crippen LogP contribution in [0.5, 0.6) is 0 Å². The second kappa shape index (κ2) is 4.76. The van der Waals surface area contributed by atoms with Gasteiger partial charge in [0.2, 0.25) is 0 Å². The Hall–Kier alpha value is -0.200. The van der Waals surface area contributed by atoms with E-state index in [4.69, 9.17) is 4.42 Å². The molecule has 80 valence electrons. The minimum absolute atomic E-state index is 0.280. The Morgan fingerprint density at radius 3 is 2.87 bits per heavy atom. The van der Waals surface area contributed by atoms with Crippen molar-refractivity contribution in [2.24, 2.45) is 0 Å². The SMILES string of the molecule is CCC(Br)c1nnc(-c2ccc(Br)o2)s1. The van der Waals surface area contributed by atoms with Crippen LogP contribution < -0.4 is 0 Å². The fourth-order valence-corrected chi connectivity index (χ4v) is 2.61. The molecule has 2 heterocycles. The minimum Gasteiger partial charge on any atom is -0.447 e. The molecule has 3 nitrogen and oxygen atoms in total. The third-order valence-corrected chi connectivity index (χ3v) is 4.71. The van der Waals surface area contributed by atoms with Gasteiger partial charge in [-0.2, -0.15) is 0 Å². The highest BCUT2D eigenvalue weighted by Gasteiger charge is 2.14. The summed E-state index contributed by atoms with van der Waals surface area (Å²) in [5.41, 5.74) is 0. The van der Waals surface area contributed by atoms with E-state index in [-0.39, 0.29) is 4.83 Å². The van der Waals surface area contributed by atoms with Gasteiger partial charge >= 0.3 is 0 Å². The summed E-state index contributed by atoms with van der Waals surface area (Å²) in [6.45, 7) is 2.10. The number of alkyl halides is 1. The molecule has 15 heavy (non-hydrogen) atoms. The molecule has 0 aromatic carbocycles. The average molecular weight is 352 g/mol. The summed E-state index contributed by atoms with van der Waals surface area (Å²) in [5.74, 6) is 0.751. The number of furan rings is 1. The average Bonchev–Trinajstić information content (AvgIpc) is 2.84. The highest BCUT2D eigenvalue weighted by molar-refractivity contribution is 9.10. The van der Waals surface area contributed by atoms with Gasteiger partial charge in [-0.1, -0.05) is 34.2 Å². The molecule has 2 aromatic heterocycles. The van der Waals surface area contributed by atoms with Crippen molar-refractivity contribution in [3.8, 4) is 10.8 Å². The molecule has 0 saturated heterocycles. The lowest BCUT2D eigenvalue weighted by Crippen LogP contribution is -1.84. The largest absolute Gasteiger partial charge is 0.447 e. The molecular weight excluding hydrogens is 344 g/mol. The predicted octanol–water partition coefficient (Wildman–Crippen LogP) is 4.41. The highest BCUT2D eigenvalue weighted by Crippen LogP contribution is 2.33. The molecule has 0 N–H and O–H groups in total. The lowest BCUT2D eigenvalue weighted by Gasteiger charge is -1.97. The second-order valence-corrected chi connectivity index (χ2v) is 5.82. The summed E-state index contributed by atoms with van der Waals surface area (Å²) in [7, 11) is 0. The van der Waals surface area contributed by atoms with Crippen molar-refractivity contribution in [1.82, 2.24) is 10.2 Å². The minimum atomic E-state index is 0.280. The zero-order valence-electron chi connectivity index (χ0n) is 7.91. The van der Waals surface area contributed by atoms with E-state index in [9.17, 15) is 0 Å². The molecule has 0 aliphatic carbocycles. The smallest absolute Gasteiger partial charge is 0.183 e. The monoisotopic (exact) mass is 350 g/mol. The molecule has 0 aliphatic heterocycles. The Kier molecular flexibility index (Phi) is 3.58. The Morgan fingerprint density at radius 1 is 1.47 bits per heavy atom. The Labute approximate surface area is 108 Å². The predicted molar refractivity (Wildman–Crippen MR) is 67.3 cm³/mol. The molecule has 6 heteroatoms. The van der Waals surface area contributed by atoms with Crippen molar-refractivity contribution >= 4 is 43.2 Å². The molecule has 1 atom stereocenters. The van der Waals surface area contributed by atoms with Gasteiger partial charge in [-0.25, -0.2) is 0 Å². The van der Waals surface area contributed by atoms with E-state index in [1.165, 1.54) is 0 Å². The molecule has 0 bridgehead atoms. The van der Waals surface area contributed by atoms with E-state index in [1.54, 1.807) is 11.3 Å². The number of nitrogens with zero attached hydrogens (tertiary/aromatic N) is 2. The van der Waals surface area contributed by atoms with Crippen LogP contribution in [0, 0.1) is 0 Å². The van der Waals surface area contributed by atoms with Crippen LogP contribution in [0.1, 0.15) is 23.2 Å². The molecule has 0 aliphatic rings. The molecule has 0 saturated carbocycles. The summed E-state index contributed by atoms with van der Waals surface area (Å²) in [5, 5.41) is 10.0. The zero-order chi connectivity index (χ0) is 10.8. The Balaban J connectivity index is 2.27. The molecule has 0 amide bonds. The van der Waals surface area contributed by atoms with E-state index in [2.05, 4.69) is 49.0 Å². The summed E-state index contributed by atoms with van der Waals surface area (Å²) in [6.07, 6.45) is 0.997. The van der Waals surface area contributed by atoms with Gasteiger partial charge in [0.1, 0.15) is 5.01 Å². The van der Waals surface area contributed by atoms with E-state index < -0.39 is 0 Å².